The molecule has 0 heterocycles. The minimum Gasteiger partial charge on any atom is -0.481 e. The minimum absolute atomic E-state index is 0.0914. The van der Waals surface area contributed by atoms with Crippen LogP contribution in [0, 0.1) is 12.8 Å². The fourth-order valence-corrected chi connectivity index (χ4v) is 3.30. The van der Waals surface area contributed by atoms with Crippen LogP contribution in [-0.4, -0.2) is 29.8 Å². The van der Waals surface area contributed by atoms with Gasteiger partial charge in [-0.1, -0.05) is 32.4 Å². The van der Waals surface area contributed by atoms with E-state index in [2.05, 4.69) is 31.3 Å². The highest BCUT2D eigenvalue weighted by atomic mass is 16.5. The molecule has 1 amide bonds. The normalized spacial score (nSPS) is 22.2. The summed E-state index contributed by atoms with van der Waals surface area (Å²) in [6.07, 6.45) is 3.03. The first-order valence-electron chi connectivity index (χ1n) is 9.09. The molecule has 3 atom stereocenters. The van der Waals surface area contributed by atoms with Crippen LogP contribution in [0.5, 0.6) is 5.75 Å². The number of aliphatic hydroxyl groups excluding tert-OH is 1. The SMILES string of the molecule is Cc1ccc(C(C)C)c(OC(C)C(=O)NCC2CCCC(O)C2)c1. The molecule has 4 heteroatoms. The molecule has 0 aromatic heterocycles. The topological polar surface area (TPSA) is 58.6 Å². The molecular formula is C20H31NO3. The highest BCUT2D eigenvalue weighted by Crippen LogP contribution is 2.28. The van der Waals surface area contributed by atoms with Gasteiger partial charge < -0.3 is 15.2 Å². The number of carbonyl (C=O) groups is 1. The largest absolute Gasteiger partial charge is 0.481 e. The van der Waals surface area contributed by atoms with E-state index in [0.717, 1.165) is 42.6 Å². The Morgan fingerprint density at radius 3 is 2.75 bits per heavy atom. The third-order valence-electron chi connectivity index (χ3n) is 4.78. The average molecular weight is 333 g/mol. The molecule has 1 aromatic carbocycles. The Labute approximate surface area is 145 Å². The molecule has 0 aliphatic heterocycles. The summed E-state index contributed by atoms with van der Waals surface area (Å²) in [7, 11) is 0. The van der Waals surface area contributed by atoms with Crippen molar-refractivity contribution in [2.75, 3.05) is 6.54 Å². The second-order valence-corrected chi connectivity index (χ2v) is 7.39. The highest BCUT2D eigenvalue weighted by molar-refractivity contribution is 5.80. The molecule has 0 bridgehead atoms. The Kier molecular flexibility index (Phi) is 6.67. The molecule has 1 aliphatic carbocycles. The number of aryl methyl sites for hydroxylation is 1. The lowest BCUT2D eigenvalue weighted by molar-refractivity contribution is -0.127. The highest BCUT2D eigenvalue weighted by Gasteiger charge is 2.22. The van der Waals surface area contributed by atoms with E-state index >= 15 is 0 Å². The van der Waals surface area contributed by atoms with Crippen LogP contribution in [0.1, 0.15) is 63.5 Å². The molecule has 1 fully saturated rings. The molecule has 1 aromatic rings. The van der Waals surface area contributed by atoms with Crippen molar-refractivity contribution in [3.63, 3.8) is 0 Å². The van der Waals surface area contributed by atoms with Crippen molar-refractivity contribution in [3.05, 3.63) is 29.3 Å². The third-order valence-corrected chi connectivity index (χ3v) is 4.78. The van der Waals surface area contributed by atoms with Gasteiger partial charge >= 0.3 is 0 Å². The van der Waals surface area contributed by atoms with Gasteiger partial charge in [0.05, 0.1) is 6.10 Å². The number of amides is 1. The lowest BCUT2D eigenvalue weighted by atomic mass is 9.87. The summed E-state index contributed by atoms with van der Waals surface area (Å²) in [6.45, 7) is 8.68. The van der Waals surface area contributed by atoms with E-state index in [4.69, 9.17) is 4.74 Å². The van der Waals surface area contributed by atoms with Crippen molar-refractivity contribution in [3.8, 4) is 5.75 Å². The number of benzene rings is 1. The molecule has 1 aliphatic rings. The molecule has 0 saturated heterocycles. The number of carbonyl (C=O) groups excluding carboxylic acids is 1. The molecule has 0 spiro atoms. The van der Waals surface area contributed by atoms with E-state index in [0.29, 0.717) is 18.4 Å². The summed E-state index contributed by atoms with van der Waals surface area (Å²) in [6, 6.07) is 6.14. The maximum absolute atomic E-state index is 12.3. The zero-order valence-corrected chi connectivity index (χ0v) is 15.3. The Hall–Kier alpha value is -1.55. The fourth-order valence-electron chi connectivity index (χ4n) is 3.30. The van der Waals surface area contributed by atoms with Gasteiger partial charge in [-0.25, -0.2) is 0 Å². The summed E-state index contributed by atoms with van der Waals surface area (Å²) in [5, 5.41) is 12.7. The monoisotopic (exact) mass is 333 g/mol. The summed E-state index contributed by atoms with van der Waals surface area (Å²) >= 11 is 0. The standard InChI is InChI=1S/C20H31NO3/c1-13(2)18-9-8-14(3)10-19(18)24-15(4)20(23)21-12-16-6-5-7-17(22)11-16/h8-10,13,15-17,22H,5-7,11-12H2,1-4H3,(H,21,23). The number of ether oxygens (including phenoxy) is 1. The lowest BCUT2D eigenvalue weighted by Gasteiger charge is -2.26. The number of hydrogen-bond donors (Lipinski definition) is 2. The van der Waals surface area contributed by atoms with Crippen molar-refractivity contribution < 1.29 is 14.6 Å². The Bertz CT molecular complexity index is 556. The fraction of sp³-hybridized carbons (Fsp3) is 0.650. The van der Waals surface area contributed by atoms with Crippen LogP contribution < -0.4 is 10.1 Å². The van der Waals surface area contributed by atoms with E-state index in [1.807, 2.05) is 13.0 Å². The van der Waals surface area contributed by atoms with E-state index in [1.165, 1.54) is 0 Å². The van der Waals surface area contributed by atoms with Crippen LogP contribution >= 0.6 is 0 Å². The van der Waals surface area contributed by atoms with Crippen molar-refractivity contribution in [2.45, 2.75) is 71.5 Å². The number of rotatable bonds is 6. The molecule has 2 rings (SSSR count). The first-order valence-corrected chi connectivity index (χ1v) is 9.09. The Morgan fingerprint density at radius 1 is 1.33 bits per heavy atom. The van der Waals surface area contributed by atoms with Crippen LogP contribution in [0.2, 0.25) is 0 Å². The van der Waals surface area contributed by atoms with Gasteiger partial charge in [-0.2, -0.15) is 0 Å². The molecule has 0 radical (unpaired) electrons. The molecule has 1 saturated carbocycles. The molecule has 24 heavy (non-hydrogen) atoms. The molecular weight excluding hydrogens is 302 g/mol. The van der Waals surface area contributed by atoms with Gasteiger partial charge in [0.2, 0.25) is 0 Å². The maximum Gasteiger partial charge on any atom is 0.260 e. The number of hydrogen-bond acceptors (Lipinski definition) is 3. The van der Waals surface area contributed by atoms with Crippen LogP contribution in [0.4, 0.5) is 0 Å². The van der Waals surface area contributed by atoms with Gasteiger partial charge in [0.15, 0.2) is 6.10 Å². The van der Waals surface area contributed by atoms with Gasteiger partial charge in [0.25, 0.3) is 5.91 Å². The first-order chi connectivity index (χ1) is 11.4. The second kappa shape index (κ2) is 8.52. The van der Waals surface area contributed by atoms with Crippen molar-refractivity contribution in [1.29, 1.82) is 0 Å². The minimum atomic E-state index is -0.530. The summed E-state index contributed by atoms with van der Waals surface area (Å²) in [5.74, 6) is 1.42. The summed E-state index contributed by atoms with van der Waals surface area (Å²) in [5.41, 5.74) is 2.24. The molecule has 2 N–H and O–H groups in total. The average Bonchev–Trinajstić information content (AvgIpc) is 2.52. The van der Waals surface area contributed by atoms with Gasteiger partial charge in [-0.3, -0.25) is 4.79 Å². The zero-order valence-electron chi connectivity index (χ0n) is 15.3. The number of nitrogens with one attached hydrogen (secondary N) is 1. The smallest absolute Gasteiger partial charge is 0.260 e. The van der Waals surface area contributed by atoms with Crippen molar-refractivity contribution >= 4 is 5.91 Å². The summed E-state index contributed by atoms with van der Waals surface area (Å²) in [4.78, 5) is 12.3. The first kappa shape index (κ1) is 18.8. The van der Waals surface area contributed by atoms with E-state index in [9.17, 15) is 9.90 Å². The van der Waals surface area contributed by atoms with E-state index in [1.54, 1.807) is 6.92 Å². The Balaban J connectivity index is 1.90. The summed E-state index contributed by atoms with van der Waals surface area (Å²) < 4.78 is 5.95. The van der Waals surface area contributed by atoms with E-state index in [-0.39, 0.29) is 12.0 Å². The van der Waals surface area contributed by atoms with Crippen LogP contribution in [-0.2, 0) is 4.79 Å². The third kappa shape index (κ3) is 5.23. The zero-order chi connectivity index (χ0) is 17.7. The van der Waals surface area contributed by atoms with Gasteiger partial charge in [-0.05, 0) is 62.1 Å². The lowest BCUT2D eigenvalue weighted by Crippen LogP contribution is -2.40. The molecule has 134 valence electrons. The molecule has 4 nitrogen and oxygen atoms in total. The van der Waals surface area contributed by atoms with Crippen LogP contribution in [0.15, 0.2) is 18.2 Å². The van der Waals surface area contributed by atoms with Crippen LogP contribution in [0.3, 0.4) is 0 Å². The molecule has 3 unspecified atom stereocenters. The quantitative estimate of drug-likeness (QED) is 0.837. The predicted octanol–water partition coefficient (Wildman–Crippen LogP) is 3.55. The maximum atomic E-state index is 12.3. The predicted molar refractivity (Wildman–Crippen MR) is 96.3 cm³/mol. The van der Waals surface area contributed by atoms with Gasteiger partial charge in [0, 0.05) is 6.54 Å². The van der Waals surface area contributed by atoms with E-state index < -0.39 is 6.10 Å². The van der Waals surface area contributed by atoms with Crippen molar-refractivity contribution in [1.82, 2.24) is 5.32 Å². The number of aliphatic hydroxyl groups is 1. The van der Waals surface area contributed by atoms with Crippen molar-refractivity contribution in [2.24, 2.45) is 5.92 Å². The van der Waals surface area contributed by atoms with Gasteiger partial charge in [0.1, 0.15) is 5.75 Å². The van der Waals surface area contributed by atoms with Crippen LogP contribution in [0.25, 0.3) is 0 Å². The Morgan fingerprint density at radius 2 is 2.08 bits per heavy atom. The van der Waals surface area contributed by atoms with Gasteiger partial charge in [-0.15, -0.1) is 0 Å². The second-order valence-electron chi connectivity index (χ2n) is 7.39.